The van der Waals surface area contributed by atoms with E-state index in [-0.39, 0.29) is 30.6 Å². The van der Waals surface area contributed by atoms with Crippen LogP contribution in [0, 0.1) is 5.82 Å². The molecule has 0 saturated carbocycles. The minimum atomic E-state index is -4.59. The largest absolute Gasteiger partial charge is 0.416 e. The molecule has 5 rings (SSSR count). The van der Waals surface area contributed by atoms with E-state index in [1.165, 1.54) is 11.3 Å². The van der Waals surface area contributed by atoms with Crippen LogP contribution in [-0.2, 0) is 17.5 Å². The van der Waals surface area contributed by atoms with Crippen LogP contribution in [0.1, 0.15) is 17.5 Å². The second-order valence-corrected chi connectivity index (χ2v) is 10.5. The first-order valence-electron chi connectivity index (χ1n) is 12.5. The van der Waals surface area contributed by atoms with Crippen molar-refractivity contribution in [3.8, 4) is 0 Å². The number of alkyl halides is 3. The minimum Gasteiger partial charge on any atom is -0.355 e. The van der Waals surface area contributed by atoms with Crippen molar-refractivity contribution >= 4 is 33.3 Å². The maximum absolute atomic E-state index is 13.7. The van der Waals surface area contributed by atoms with Crippen LogP contribution in [-0.4, -0.2) is 88.0 Å². The third-order valence-corrected chi connectivity index (χ3v) is 7.36. The summed E-state index contributed by atoms with van der Waals surface area (Å²) < 4.78 is 52.6. The number of amides is 1. The highest BCUT2D eigenvalue weighted by atomic mass is 32.1. The Morgan fingerprint density at radius 3 is 2.54 bits per heavy atom. The summed E-state index contributed by atoms with van der Waals surface area (Å²) in [5.74, 6) is -0.296. The molecule has 4 heterocycles. The molecular weight excluding hydrogens is 538 g/mol. The van der Waals surface area contributed by atoms with Crippen LogP contribution < -0.4 is 15.5 Å². The molecule has 208 valence electrons. The van der Waals surface area contributed by atoms with Crippen LogP contribution in [0.3, 0.4) is 0 Å². The van der Waals surface area contributed by atoms with Gasteiger partial charge in [0, 0.05) is 58.1 Å². The molecule has 2 fully saturated rings. The number of nitrogens with one attached hydrogen (secondary N) is 2. The Morgan fingerprint density at radius 1 is 1.03 bits per heavy atom. The van der Waals surface area contributed by atoms with Gasteiger partial charge in [-0.25, -0.2) is 4.39 Å². The first-order chi connectivity index (χ1) is 18.7. The number of piperazine rings is 1. The topological polar surface area (TPSA) is 102 Å². The van der Waals surface area contributed by atoms with Crippen molar-refractivity contribution in [1.82, 2.24) is 30.2 Å². The van der Waals surface area contributed by atoms with Crippen molar-refractivity contribution < 1.29 is 22.4 Å². The lowest BCUT2D eigenvalue weighted by molar-refractivity contribution is -0.137. The standard InChI is InChI=1S/C24H27F4N9OS/c25-18-11-16(10-17(12-18)24(26,27)28)13-35-6-8-36(9-7-35)15-21(38)31-23-34-33-22(39-23)30-19-3-5-37(14-19)20-2-1-4-29-32-20/h1-2,4,10-12,19H,3,5-9,13-15H2,(H,30,33)(H,31,34,38)/t19-/m1/s1. The first-order valence-corrected chi connectivity index (χ1v) is 13.3. The number of rotatable bonds is 8. The van der Waals surface area contributed by atoms with Gasteiger partial charge in [-0.2, -0.15) is 18.3 Å². The molecule has 2 N–H and O–H groups in total. The van der Waals surface area contributed by atoms with Gasteiger partial charge < -0.3 is 10.2 Å². The van der Waals surface area contributed by atoms with Gasteiger partial charge in [0.1, 0.15) is 5.82 Å². The lowest BCUT2D eigenvalue weighted by atomic mass is 10.1. The summed E-state index contributed by atoms with van der Waals surface area (Å²) in [6.45, 7) is 4.18. The van der Waals surface area contributed by atoms with Crippen molar-refractivity contribution in [1.29, 1.82) is 0 Å². The Labute approximate surface area is 226 Å². The summed E-state index contributed by atoms with van der Waals surface area (Å²) in [6.07, 6.45) is -2.05. The van der Waals surface area contributed by atoms with E-state index in [0.717, 1.165) is 37.5 Å². The molecule has 0 radical (unpaired) electrons. The Kier molecular flexibility index (Phi) is 8.18. The molecule has 1 atom stereocenters. The number of aromatic nitrogens is 4. The average molecular weight is 566 g/mol. The minimum absolute atomic E-state index is 0.157. The predicted molar refractivity (Wildman–Crippen MR) is 138 cm³/mol. The Bertz CT molecular complexity index is 1270. The van der Waals surface area contributed by atoms with Gasteiger partial charge in [0.05, 0.1) is 12.1 Å². The van der Waals surface area contributed by atoms with Crippen LogP contribution in [0.5, 0.6) is 0 Å². The van der Waals surface area contributed by atoms with Crippen molar-refractivity contribution in [3.05, 3.63) is 53.5 Å². The molecule has 0 bridgehead atoms. The third kappa shape index (κ3) is 7.36. The van der Waals surface area contributed by atoms with Crippen LogP contribution in [0.25, 0.3) is 0 Å². The second-order valence-electron chi connectivity index (χ2n) is 9.52. The monoisotopic (exact) mass is 565 g/mol. The fourth-order valence-corrected chi connectivity index (χ4v) is 5.42. The van der Waals surface area contributed by atoms with Gasteiger partial charge in [0.25, 0.3) is 0 Å². The van der Waals surface area contributed by atoms with Gasteiger partial charge in [-0.1, -0.05) is 11.3 Å². The van der Waals surface area contributed by atoms with Gasteiger partial charge in [-0.15, -0.1) is 15.3 Å². The highest BCUT2D eigenvalue weighted by molar-refractivity contribution is 7.19. The van der Waals surface area contributed by atoms with Gasteiger partial charge in [0.2, 0.25) is 16.2 Å². The third-order valence-electron chi connectivity index (χ3n) is 6.59. The van der Waals surface area contributed by atoms with Crippen molar-refractivity contribution in [2.24, 2.45) is 0 Å². The molecule has 0 unspecified atom stereocenters. The predicted octanol–water partition coefficient (Wildman–Crippen LogP) is 2.93. The Morgan fingerprint density at radius 2 is 1.79 bits per heavy atom. The number of nitrogens with zero attached hydrogens (tertiary/aromatic N) is 7. The van der Waals surface area contributed by atoms with E-state index in [1.54, 1.807) is 6.20 Å². The van der Waals surface area contributed by atoms with Crippen LogP contribution >= 0.6 is 11.3 Å². The van der Waals surface area contributed by atoms with Crippen molar-refractivity contribution in [3.63, 3.8) is 0 Å². The first kappa shape index (κ1) is 27.1. The molecule has 1 amide bonds. The summed E-state index contributed by atoms with van der Waals surface area (Å²) in [7, 11) is 0. The smallest absolute Gasteiger partial charge is 0.355 e. The van der Waals surface area contributed by atoms with E-state index in [0.29, 0.717) is 42.5 Å². The average Bonchev–Trinajstić information content (AvgIpc) is 3.54. The number of benzene rings is 1. The zero-order valence-corrected chi connectivity index (χ0v) is 21.7. The molecule has 0 spiro atoms. The quantitative estimate of drug-likeness (QED) is 0.399. The molecule has 3 aromatic rings. The van der Waals surface area contributed by atoms with Gasteiger partial charge in [-0.05, 0) is 42.3 Å². The SMILES string of the molecule is O=C(CN1CCN(Cc2cc(F)cc(C(F)(F)F)c2)CC1)Nc1nnc(N[C@@H]2CCN(c3cccnn3)C2)s1. The zero-order valence-electron chi connectivity index (χ0n) is 20.9. The summed E-state index contributed by atoms with van der Waals surface area (Å²) in [4.78, 5) is 18.6. The van der Waals surface area contributed by atoms with E-state index in [2.05, 4.69) is 35.9 Å². The molecule has 2 aromatic heterocycles. The summed E-state index contributed by atoms with van der Waals surface area (Å²) in [6, 6.07) is 6.56. The van der Waals surface area contributed by atoms with E-state index in [9.17, 15) is 22.4 Å². The lowest BCUT2D eigenvalue weighted by Gasteiger charge is -2.34. The molecule has 2 aliphatic heterocycles. The summed E-state index contributed by atoms with van der Waals surface area (Å²) in [5.41, 5.74) is -0.719. The van der Waals surface area contributed by atoms with Crippen LogP contribution in [0.4, 0.5) is 33.6 Å². The highest BCUT2D eigenvalue weighted by Crippen LogP contribution is 2.31. The number of carbonyl (C=O) groups is 1. The van der Waals surface area contributed by atoms with E-state index >= 15 is 0 Å². The Hall–Kier alpha value is -3.43. The van der Waals surface area contributed by atoms with E-state index < -0.39 is 17.6 Å². The molecular formula is C24H27F4N9OS. The number of anilines is 3. The molecule has 2 saturated heterocycles. The number of hydrogen-bond acceptors (Lipinski definition) is 10. The highest BCUT2D eigenvalue weighted by Gasteiger charge is 2.31. The number of hydrogen-bond donors (Lipinski definition) is 2. The lowest BCUT2D eigenvalue weighted by Crippen LogP contribution is -2.48. The molecule has 0 aliphatic carbocycles. The summed E-state index contributed by atoms with van der Waals surface area (Å²) >= 11 is 1.26. The molecule has 1 aromatic carbocycles. The molecule has 15 heteroatoms. The van der Waals surface area contributed by atoms with Crippen LogP contribution in [0.15, 0.2) is 36.5 Å². The van der Waals surface area contributed by atoms with Gasteiger partial charge in [-0.3, -0.25) is 19.9 Å². The maximum Gasteiger partial charge on any atom is 0.416 e. The Balaban J connectivity index is 1.04. The van der Waals surface area contributed by atoms with Gasteiger partial charge in [0.15, 0.2) is 5.82 Å². The van der Waals surface area contributed by atoms with E-state index in [1.807, 2.05) is 21.9 Å². The molecule has 39 heavy (non-hydrogen) atoms. The normalized spacial score (nSPS) is 18.9. The second kappa shape index (κ2) is 11.8. The fraction of sp³-hybridized carbons (Fsp3) is 0.458. The number of carbonyl (C=O) groups excluding carboxylic acids is 1. The fourth-order valence-electron chi connectivity index (χ4n) is 4.69. The van der Waals surface area contributed by atoms with Gasteiger partial charge >= 0.3 is 6.18 Å². The molecule has 10 nitrogen and oxygen atoms in total. The number of halogens is 4. The molecule has 2 aliphatic rings. The van der Waals surface area contributed by atoms with Crippen molar-refractivity contribution in [2.75, 3.05) is 61.3 Å². The van der Waals surface area contributed by atoms with Crippen molar-refractivity contribution in [2.45, 2.75) is 25.2 Å². The van der Waals surface area contributed by atoms with E-state index in [4.69, 9.17) is 0 Å². The summed E-state index contributed by atoms with van der Waals surface area (Å²) in [5, 5.41) is 23.4. The maximum atomic E-state index is 13.7. The van der Waals surface area contributed by atoms with Crippen LogP contribution in [0.2, 0.25) is 0 Å². The zero-order chi connectivity index (χ0) is 27.4.